The van der Waals surface area contributed by atoms with Crippen LogP contribution in [0, 0.1) is 13.8 Å². The number of nitrogens with two attached hydrogens (primary N) is 1. The van der Waals surface area contributed by atoms with Gasteiger partial charge in [0.1, 0.15) is 0 Å². The summed E-state index contributed by atoms with van der Waals surface area (Å²) in [6.07, 6.45) is -0.106. The van der Waals surface area contributed by atoms with Crippen LogP contribution in [0.5, 0.6) is 0 Å². The second kappa shape index (κ2) is 9.31. The minimum atomic E-state index is -0.542. The van der Waals surface area contributed by atoms with Crippen LogP contribution < -0.4 is 5.73 Å². The molecule has 0 aromatic heterocycles. The quantitative estimate of drug-likeness (QED) is 0.659. The van der Waals surface area contributed by atoms with Crippen molar-refractivity contribution in [2.24, 2.45) is 5.73 Å². The second-order valence-corrected chi connectivity index (χ2v) is 1.52. The molecule has 2 unspecified atom stereocenters. The standard InChI is InChI=1S/C5H11NO.ClH.Y/c1-3-5(7)4(2)6;;/h4-5,7H,1-3,6H2;1H;/q-2;;. The summed E-state index contributed by atoms with van der Waals surface area (Å²) in [4.78, 5) is 0. The molecular formula is C5H12ClNOY-2. The summed E-state index contributed by atoms with van der Waals surface area (Å²) in [6, 6.07) is -0.391. The molecule has 0 aliphatic carbocycles. The van der Waals surface area contributed by atoms with E-state index >= 15 is 0 Å². The third-order valence-corrected chi connectivity index (χ3v) is 0.790. The molecule has 0 aliphatic heterocycles. The molecule has 0 saturated heterocycles. The van der Waals surface area contributed by atoms with Gasteiger partial charge in [0.25, 0.3) is 0 Å². The minimum Gasteiger partial charge on any atom is -0.397 e. The molecule has 4 heteroatoms. The Morgan fingerprint density at radius 3 is 1.89 bits per heavy atom. The first-order chi connectivity index (χ1) is 3.18. The van der Waals surface area contributed by atoms with E-state index in [0.29, 0.717) is 6.42 Å². The van der Waals surface area contributed by atoms with E-state index in [4.69, 9.17) is 10.8 Å². The van der Waals surface area contributed by atoms with Gasteiger partial charge in [-0.2, -0.15) is 6.42 Å². The summed E-state index contributed by atoms with van der Waals surface area (Å²) in [5.41, 5.74) is 5.15. The van der Waals surface area contributed by atoms with Crippen molar-refractivity contribution in [3.05, 3.63) is 13.8 Å². The first-order valence-electron chi connectivity index (χ1n) is 2.24. The molecule has 0 fully saturated rings. The van der Waals surface area contributed by atoms with Gasteiger partial charge in [-0.25, -0.2) is 0 Å². The van der Waals surface area contributed by atoms with Crippen LogP contribution in [0.3, 0.4) is 0 Å². The number of hydrogen-bond donors (Lipinski definition) is 2. The minimum absolute atomic E-state index is 0. The molecule has 0 bridgehead atoms. The molecule has 0 aromatic carbocycles. The van der Waals surface area contributed by atoms with Crippen LogP contribution in [-0.4, -0.2) is 17.3 Å². The normalized spacial score (nSPS) is 14.7. The molecule has 2 nitrogen and oxygen atoms in total. The number of halogens is 1. The van der Waals surface area contributed by atoms with Gasteiger partial charge in [0.2, 0.25) is 0 Å². The summed E-state index contributed by atoms with van der Waals surface area (Å²) in [5, 5.41) is 8.69. The molecule has 0 heterocycles. The van der Waals surface area contributed by atoms with Crippen LogP contribution in [0.4, 0.5) is 0 Å². The molecule has 1 radical (unpaired) electrons. The van der Waals surface area contributed by atoms with Crippen molar-refractivity contribution in [1.82, 2.24) is 0 Å². The Labute approximate surface area is 87.9 Å². The summed E-state index contributed by atoms with van der Waals surface area (Å²) < 4.78 is 0. The molecule has 3 N–H and O–H groups in total. The summed E-state index contributed by atoms with van der Waals surface area (Å²) in [7, 11) is 0. The van der Waals surface area contributed by atoms with Crippen molar-refractivity contribution in [2.45, 2.75) is 18.6 Å². The van der Waals surface area contributed by atoms with Gasteiger partial charge in [-0.05, 0) is 0 Å². The van der Waals surface area contributed by atoms with Gasteiger partial charge in [-0.3, -0.25) is 0 Å². The van der Waals surface area contributed by atoms with Gasteiger partial charge in [0, 0.05) is 38.8 Å². The maximum absolute atomic E-state index is 8.69. The van der Waals surface area contributed by atoms with Gasteiger partial charge in [-0.1, -0.05) is 6.04 Å². The van der Waals surface area contributed by atoms with Crippen molar-refractivity contribution >= 4 is 12.4 Å². The molecular weight excluding hydrogens is 214 g/mol. The molecule has 2 atom stereocenters. The Hall–Kier alpha value is 1.31. The summed E-state index contributed by atoms with van der Waals surface area (Å²) >= 11 is 0. The van der Waals surface area contributed by atoms with E-state index in [-0.39, 0.29) is 45.1 Å². The second-order valence-electron chi connectivity index (χ2n) is 1.52. The van der Waals surface area contributed by atoms with E-state index in [1.807, 2.05) is 0 Å². The average molecular weight is 227 g/mol. The van der Waals surface area contributed by atoms with E-state index < -0.39 is 12.1 Å². The molecule has 0 saturated carbocycles. The molecule has 55 valence electrons. The van der Waals surface area contributed by atoms with Gasteiger partial charge < -0.3 is 24.7 Å². The zero-order valence-corrected chi connectivity index (χ0v) is 8.94. The van der Waals surface area contributed by atoms with Crippen molar-refractivity contribution in [1.29, 1.82) is 0 Å². The fourth-order valence-electron chi connectivity index (χ4n) is 0.214. The fourth-order valence-corrected chi connectivity index (χ4v) is 0.214. The number of aliphatic hydroxyl groups is 1. The first-order valence-corrected chi connectivity index (χ1v) is 2.24. The zero-order chi connectivity index (χ0) is 5.86. The molecule has 9 heavy (non-hydrogen) atoms. The van der Waals surface area contributed by atoms with Gasteiger partial charge >= 0.3 is 0 Å². The first kappa shape index (κ1) is 16.7. The average Bonchev–Trinajstić information content (AvgIpc) is 1.65. The van der Waals surface area contributed by atoms with Crippen LogP contribution in [0.15, 0.2) is 0 Å². The Morgan fingerprint density at radius 1 is 1.56 bits per heavy atom. The Bertz CT molecular complexity index is 54.2. The maximum Gasteiger partial charge on any atom is 0.0142 e. The van der Waals surface area contributed by atoms with E-state index in [2.05, 4.69) is 13.8 Å². The third-order valence-electron chi connectivity index (χ3n) is 0.790. The predicted octanol–water partition coefficient (Wildman–Crippen LogP) is 0.152. The van der Waals surface area contributed by atoms with E-state index in [1.54, 1.807) is 0 Å². The Balaban J connectivity index is -0.000000180. The smallest absolute Gasteiger partial charge is 0.0142 e. The predicted molar refractivity (Wildman–Crippen MR) is 36.6 cm³/mol. The van der Waals surface area contributed by atoms with Gasteiger partial charge in [0.05, 0.1) is 0 Å². The topological polar surface area (TPSA) is 46.2 Å². The van der Waals surface area contributed by atoms with Gasteiger partial charge in [0.15, 0.2) is 0 Å². The van der Waals surface area contributed by atoms with Crippen LogP contribution >= 0.6 is 12.4 Å². The van der Waals surface area contributed by atoms with Crippen LogP contribution in [0.1, 0.15) is 6.42 Å². The van der Waals surface area contributed by atoms with Crippen LogP contribution in [-0.2, 0) is 32.7 Å². The van der Waals surface area contributed by atoms with E-state index in [0.717, 1.165) is 0 Å². The van der Waals surface area contributed by atoms with E-state index in [1.165, 1.54) is 0 Å². The number of rotatable bonds is 2. The number of aliphatic hydroxyl groups excluding tert-OH is 1. The van der Waals surface area contributed by atoms with E-state index in [9.17, 15) is 0 Å². The number of hydrogen-bond acceptors (Lipinski definition) is 2. The maximum atomic E-state index is 8.69. The van der Waals surface area contributed by atoms with Crippen molar-refractivity contribution in [3.63, 3.8) is 0 Å². The van der Waals surface area contributed by atoms with Gasteiger partial charge in [-0.15, -0.1) is 12.4 Å². The SMILES string of the molecule is Cl.[CH2-]CC(O)C([CH2-])N.[Y]. The van der Waals surface area contributed by atoms with Crippen molar-refractivity contribution in [3.8, 4) is 0 Å². The molecule has 0 aliphatic rings. The summed E-state index contributed by atoms with van der Waals surface area (Å²) in [5.74, 6) is 0. The molecule has 0 aromatic rings. The third kappa shape index (κ3) is 9.31. The largest absolute Gasteiger partial charge is 0.397 e. The van der Waals surface area contributed by atoms with Crippen LogP contribution in [0.2, 0.25) is 0 Å². The fraction of sp³-hybridized carbons (Fsp3) is 0.600. The summed E-state index contributed by atoms with van der Waals surface area (Å²) in [6.45, 7) is 6.83. The van der Waals surface area contributed by atoms with Crippen molar-refractivity contribution in [2.75, 3.05) is 0 Å². The van der Waals surface area contributed by atoms with Crippen molar-refractivity contribution < 1.29 is 37.8 Å². The molecule has 0 spiro atoms. The van der Waals surface area contributed by atoms with Crippen LogP contribution in [0.25, 0.3) is 0 Å². The Kier molecular flexibility index (Phi) is 17.3. The monoisotopic (exact) mass is 226 g/mol. The zero-order valence-electron chi connectivity index (χ0n) is 5.29. The Morgan fingerprint density at radius 2 is 1.89 bits per heavy atom. The molecule has 0 amide bonds. The molecule has 0 rings (SSSR count).